The van der Waals surface area contributed by atoms with Gasteiger partial charge in [0.1, 0.15) is 0 Å². The highest BCUT2D eigenvalue weighted by Crippen LogP contribution is 2.15. The summed E-state index contributed by atoms with van der Waals surface area (Å²) in [6.45, 7) is 9.08. The van der Waals surface area contributed by atoms with Crippen LogP contribution in [0.1, 0.15) is 34.1 Å². The third kappa shape index (κ3) is 4.60. The van der Waals surface area contributed by atoms with Gasteiger partial charge in [-0.15, -0.1) is 0 Å². The smallest absolute Gasteiger partial charge is 0.0645 e. The minimum absolute atomic E-state index is 0.0178. The molecule has 0 aromatic rings. The zero-order valence-corrected chi connectivity index (χ0v) is 9.22. The number of aliphatic hydroxyl groups is 2. The third-order valence-electron chi connectivity index (χ3n) is 2.28. The van der Waals surface area contributed by atoms with Crippen LogP contribution in [0.5, 0.6) is 0 Å². The summed E-state index contributed by atoms with van der Waals surface area (Å²) in [5.41, 5.74) is -0.335. The van der Waals surface area contributed by atoms with Gasteiger partial charge in [-0.25, -0.2) is 0 Å². The van der Waals surface area contributed by atoms with Gasteiger partial charge in [-0.3, -0.25) is 0 Å². The van der Waals surface area contributed by atoms with Crippen LogP contribution in [0, 0.1) is 5.41 Å². The molecular formula is C10H23NO2. The van der Waals surface area contributed by atoms with Gasteiger partial charge in [0, 0.05) is 6.54 Å². The van der Waals surface area contributed by atoms with E-state index in [9.17, 15) is 0 Å². The van der Waals surface area contributed by atoms with Crippen molar-refractivity contribution in [2.45, 2.75) is 39.7 Å². The van der Waals surface area contributed by atoms with Crippen LogP contribution < -0.4 is 5.32 Å². The van der Waals surface area contributed by atoms with Crippen molar-refractivity contribution in [3.05, 3.63) is 0 Å². The van der Waals surface area contributed by atoms with E-state index in [0.29, 0.717) is 0 Å². The number of hydrogen-bond acceptors (Lipinski definition) is 3. The fraction of sp³-hybridized carbons (Fsp3) is 1.00. The van der Waals surface area contributed by atoms with Gasteiger partial charge >= 0.3 is 0 Å². The van der Waals surface area contributed by atoms with Gasteiger partial charge in [0.2, 0.25) is 0 Å². The number of aliphatic hydroxyl groups excluding tert-OH is 2. The first-order chi connectivity index (χ1) is 5.89. The first kappa shape index (κ1) is 12.9. The molecule has 0 aromatic heterocycles. The van der Waals surface area contributed by atoms with E-state index in [0.717, 1.165) is 13.0 Å². The van der Waals surface area contributed by atoms with Gasteiger partial charge in [-0.05, 0) is 11.8 Å². The molecule has 0 saturated carbocycles. The fourth-order valence-electron chi connectivity index (χ4n) is 0.963. The molecule has 80 valence electrons. The predicted molar refractivity (Wildman–Crippen MR) is 54.7 cm³/mol. The molecule has 3 N–H and O–H groups in total. The quantitative estimate of drug-likeness (QED) is 0.598. The third-order valence-corrected chi connectivity index (χ3v) is 2.28. The van der Waals surface area contributed by atoms with E-state index in [1.807, 2.05) is 6.92 Å². The van der Waals surface area contributed by atoms with Crippen molar-refractivity contribution in [1.29, 1.82) is 0 Å². The molecule has 0 aromatic carbocycles. The molecule has 0 radical (unpaired) electrons. The zero-order valence-electron chi connectivity index (χ0n) is 9.22. The summed E-state index contributed by atoms with van der Waals surface area (Å²) in [5, 5.41) is 21.5. The average molecular weight is 189 g/mol. The Kier molecular flexibility index (Phi) is 4.89. The Hall–Kier alpha value is -0.120. The Balaban J connectivity index is 4.11. The molecule has 3 nitrogen and oxygen atoms in total. The first-order valence-electron chi connectivity index (χ1n) is 4.86. The number of rotatable bonds is 5. The SMILES string of the molecule is CCC(CO)(CO)NCC(C)(C)C. The fourth-order valence-corrected chi connectivity index (χ4v) is 0.963. The van der Waals surface area contributed by atoms with Crippen molar-refractivity contribution < 1.29 is 10.2 Å². The Labute approximate surface area is 81.2 Å². The van der Waals surface area contributed by atoms with E-state index in [-0.39, 0.29) is 18.6 Å². The van der Waals surface area contributed by atoms with Crippen molar-refractivity contribution in [3.8, 4) is 0 Å². The Morgan fingerprint density at radius 3 is 1.77 bits per heavy atom. The molecule has 0 fully saturated rings. The molecule has 0 amide bonds. The second-order valence-electron chi connectivity index (χ2n) is 4.86. The van der Waals surface area contributed by atoms with Gasteiger partial charge in [-0.2, -0.15) is 0 Å². The molecular weight excluding hydrogens is 166 g/mol. The monoisotopic (exact) mass is 189 g/mol. The van der Waals surface area contributed by atoms with Crippen molar-refractivity contribution >= 4 is 0 Å². The van der Waals surface area contributed by atoms with Crippen molar-refractivity contribution in [1.82, 2.24) is 5.32 Å². The van der Waals surface area contributed by atoms with E-state index in [2.05, 4.69) is 26.1 Å². The lowest BCUT2D eigenvalue weighted by molar-refractivity contribution is 0.0800. The average Bonchev–Trinajstić information content (AvgIpc) is 2.06. The Morgan fingerprint density at radius 1 is 1.08 bits per heavy atom. The first-order valence-corrected chi connectivity index (χ1v) is 4.86. The topological polar surface area (TPSA) is 52.5 Å². The van der Waals surface area contributed by atoms with Crippen LogP contribution in [0.2, 0.25) is 0 Å². The van der Waals surface area contributed by atoms with Crippen LogP contribution in [-0.4, -0.2) is 35.5 Å². The zero-order chi connectivity index (χ0) is 10.5. The molecule has 0 aliphatic carbocycles. The van der Waals surface area contributed by atoms with E-state index in [1.54, 1.807) is 0 Å². The van der Waals surface area contributed by atoms with Crippen LogP contribution in [0.15, 0.2) is 0 Å². The van der Waals surface area contributed by atoms with Gasteiger partial charge in [0.25, 0.3) is 0 Å². The second kappa shape index (κ2) is 4.94. The van der Waals surface area contributed by atoms with E-state index >= 15 is 0 Å². The lowest BCUT2D eigenvalue weighted by Crippen LogP contribution is -2.53. The van der Waals surface area contributed by atoms with Crippen molar-refractivity contribution in [2.75, 3.05) is 19.8 Å². The highest BCUT2D eigenvalue weighted by molar-refractivity contribution is 4.86. The Bertz CT molecular complexity index is 128. The van der Waals surface area contributed by atoms with Gasteiger partial charge in [-0.1, -0.05) is 27.7 Å². The number of nitrogens with one attached hydrogen (secondary N) is 1. The van der Waals surface area contributed by atoms with Crippen LogP contribution in [-0.2, 0) is 0 Å². The van der Waals surface area contributed by atoms with Crippen LogP contribution in [0.3, 0.4) is 0 Å². The molecule has 0 saturated heterocycles. The highest BCUT2D eigenvalue weighted by atomic mass is 16.3. The highest BCUT2D eigenvalue weighted by Gasteiger charge is 2.27. The molecule has 0 atom stereocenters. The molecule has 13 heavy (non-hydrogen) atoms. The summed E-state index contributed by atoms with van der Waals surface area (Å²) >= 11 is 0. The molecule has 0 unspecified atom stereocenters. The van der Waals surface area contributed by atoms with Crippen LogP contribution in [0.4, 0.5) is 0 Å². The molecule has 0 spiro atoms. The summed E-state index contributed by atoms with van der Waals surface area (Å²) in [5.74, 6) is 0. The molecule has 0 aliphatic rings. The standard InChI is InChI=1S/C10H23NO2/c1-5-10(7-12,8-13)11-6-9(2,3)4/h11-13H,5-8H2,1-4H3. The molecule has 0 heterocycles. The minimum Gasteiger partial charge on any atom is -0.394 e. The van der Waals surface area contributed by atoms with Crippen molar-refractivity contribution in [3.63, 3.8) is 0 Å². The number of hydrogen-bond donors (Lipinski definition) is 3. The summed E-state index contributed by atoms with van der Waals surface area (Å²) in [7, 11) is 0. The normalized spacial score (nSPS) is 13.4. The summed E-state index contributed by atoms with van der Waals surface area (Å²) in [6, 6.07) is 0. The summed E-state index contributed by atoms with van der Waals surface area (Å²) < 4.78 is 0. The maximum absolute atomic E-state index is 9.15. The summed E-state index contributed by atoms with van der Waals surface area (Å²) in [4.78, 5) is 0. The second-order valence-corrected chi connectivity index (χ2v) is 4.86. The van der Waals surface area contributed by atoms with Crippen LogP contribution in [0.25, 0.3) is 0 Å². The van der Waals surface area contributed by atoms with Gasteiger partial charge in [0.05, 0.1) is 18.8 Å². The largest absolute Gasteiger partial charge is 0.394 e. The maximum atomic E-state index is 9.15. The lowest BCUT2D eigenvalue weighted by atomic mass is 9.92. The molecule has 0 bridgehead atoms. The summed E-state index contributed by atoms with van der Waals surface area (Å²) in [6.07, 6.45) is 0.732. The predicted octanol–water partition coefficient (Wildman–Crippen LogP) is 0.755. The minimum atomic E-state index is -0.507. The maximum Gasteiger partial charge on any atom is 0.0645 e. The van der Waals surface area contributed by atoms with Crippen LogP contribution >= 0.6 is 0 Å². The molecule has 0 aliphatic heterocycles. The van der Waals surface area contributed by atoms with E-state index < -0.39 is 5.54 Å². The van der Waals surface area contributed by atoms with Gasteiger partial charge in [0.15, 0.2) is 0 Å². The van der Waals surface area contributed by atoms with E-state index in [1.165, 1.54) is 0 Å². The molecule has 0 rings (SSSR count). The van der Waals surface area contributed by atoms with Gasteiger partial charge < -0.3 is 15.5 Å². The van der Waals surface area contributed by atoms with E-state index in [4.69, 9.17) is 10.2 Å². The van der Waals surface area contributed by atoms with Crippen molar-refractivity contribution in [2.24, 2.45) is 5.41 Å². The Morgan fingerprint density at radius 2 is 1.54 bits per heavy atom. The molecule has 3 heteroatoms. The lowest BCUT2D eigenvalue weighted by Gasteiger charge is -2.33.